The smallest absolute Gasteiger partial charge is 0.222 e. The van der Waals surface area contributed by atoms with Crippen molar-refractivity contribution in [2.24, 2.45) is 0 Å². The third-order valence-corrected chi connectivity index (χ3v) is 4.49. The van der Waals surface area contributed by atoms with Gasteiger partial charge in [0.2, 0.25) is 5.95 Å². The summed E-state index contributed by atoms with van der Waals surface area (Å²) in [6.45, 7) is 7.19. The molecule has 3 rings (SSSR count). The number of pyridine rings is 1. The number of anilines is 3. The molecule has 0 amide bonds. The van der Waals surface area contributed by atoms with Crippen LogP contribution in [0.25, 0.3) is 0 Å². The van der Waals surface area contributed by atoms with E-state index in [0.717, 1.165) is 62.0 Å². The standard InChI is InChI=1S/C19H25N7O/c1-14-16(5-3-15-4-6-17(20)22-13-15)18(24-19(21)23-14)26-9-7-25(8-10-26)11-12-27-2/h4,6,13H,7-12H2,1-2H3,(H2,20,22)(H2,21,23,24). The van der Waals surface area contributed by atoms with E-state index in [1.54, 1.807) is 19.4 Å². The van der Waals surface area contributed by atoms with Crippen LogP contribution in [0.2, 0.25) is 0 Å². The minimum atomic E-state index is 0.268. The van der Waals surface area contributed by atoms with Crippen molar-refractivity contribution in [3.8, 4) is 11.8 Å². The highest BCUT2D eigenvalue weighted by atomic mass is 16.5. The molecule has 0 atom stereocenters. The van der Waals surface area contributed by atoms with Gasteiger partial charge in [0.05, 0.1) is 17.9 Å². The summed E-state index contributed by atoms with van der Waals surface area (Å²) in [6, 6.07) is 3.58. The topological polar surface area (TPSA) is 106 Å². The fourth-order valence-corrected chi connectivity index (χ4v) is 2.97. The second kappa shape index (κ2) is 8.66. The van der Waals surface area contributed by atoms with Crippen LogP contribution in [0.4, 0.5) is 17.6 Å². The van der Waals surface area contributed by atoms with Crippen molar-refractivity contribution >= 4 is 17.6 Å². The third kappa shape index (κ3) is 4.84. The Kier molecular flexibility index (Phi) is 6.06. The molecule has 0 radical (unpaired) electrons. The molecule has 2 aromatic heterocycles. The molecular weight excluding hydrogens is 342 g/mol. The average molecular weight is 367 g/mol. The van der Waals surface area contributed by atoms with E-state index in [1.165, 1.54) is 0 Å². The number of aromatic nitrogens is 3. The van der Waals surface area contributed by atoms with Crippen LogP contribution in [-0.4, -0.2) is 66.3 Å². The molecule has 3 heterocycles. The second-order valence-corrected chi connectivity index (χ2v) is 6.41. The van der Waals surface area contributed by atoms with Gasteiger partial charge in [0, 0.05) is 51.6 Å². The lowest BCUT2D eigenvalue weighted by atomic mass is 10.1. The summed E-state index contributed by atoms with van der Waals surface area (Å²) < 4.78 is 5.16. The van der Waals surface area contributed by atoms with Crippen molar-refractivity contribution in [3.05, 3.63) is 35.2 Å². The monoisotopic (exact) mass is 367 g/mol. The van der Waals surface area contributed by atoms with Gasteiger partial charge in [-0.3, -0.25) is 4.90 Å². The maximum Gasteiger partial charge on any atom is 0.222 e. The second-order valence-electron chi connectivity index (χ2n) is 6.41. The van der Waals surface area contributed by atoms with Crippen LogP contribution < -0.4 is 16.4 Å². The van der Waals surface area contributed by atoms with Gasteiger partial charge in [0.1, 0.15) is 11.6 Å². The quantitative estimate of drug-likeness (QED) is 0.753. The predicted molar refractivity (Wildman–Crippen MR) is 106 cm³/mol. The van der Waals surface area contributed by atoms with Gasteiger partial charge in [-0.15, -0.1) is 0 Å². The highest BCUT2D eigenvalue weighted by Gasteiger charge is 2.21. The molecule has 0 bridgehead atoms. The van der Waals surface area contributed by atoms with Crippen LogP contribution in [0.3, 0.4) is 0 Å². The number of nitrogens with two attached hydrogens (primary N) is 2. The summed E-state index contributed by atoms with van der Waals surface area (Å²) in [6.07, 6.45) is 1.66. The molecule has 27 heavy (non-hydrogen) atoms. The van der Waals surface area contributed by atoms with Crippen LogP contribution in [-0.2, 0) is 4.74 Å². The first-order valence-electron chi connectivity index (χ1n) is 8.90. The van der Waals surface area contributed by atoms with Crippen LogP contribution in [0.5, 0.6) is 0 Å². The van der Waals surface area contributed by atoms with Crippen molar-refractivity contribution < 1.29 is 4.74 Å². The van der Waals surface area contributed by atoms with E-state index >= 15 is 0 Å². The van der Waals surface area contributed by atoms with Gasteiger partial charge in [0.15, 0.2) is 0 Å². The first-order chi connectivity index (χ1) is 13.1. The molecule has 8 nitrogen and oxygen atoms in total. The van der Waals surface area contributed by atoms with Crippen LogP contribution in [0.1, 0.15) is 16.8 Å². The zero-order valence-electron chi connectivity index (χ0n) is 15.8. The predicted octanol–water partition coefficient (Wildman–Crippen LogP) is 0.513. The van der Waals surface area contributed by atoms with Gasteiger partial charge in [-0.25, -0.2) is 9.97 Å². The molecule has 2 aromatic rings. The van der Waals surface area contributed by atoms with Gasteiger partial charge in [-0.1, -0.05) is 11.8 Å². The first-order valence-corrected chi connectivity index (χ1v) is 8.90. The Balaban J connectivity index is 1.83. The number of methoxy groups -OCH3 is 1. The Hall–Kier alpha value is -2.89. The van der Waals surface area contributed by atoms with E-state index in [1.807, 2.05) is 13.0 Å². The SMILES string of the molecule is COCCN1CCN(c2nc(N)nc(C)c2C#Cc2ccc(N)nc2)CC1. The molecule has 0 spiro atoms. The zero-order chi connectivity index (χ0) is 19.2. The number of rotatable bonds is 4. The Labute approximate surface area is 159 Å². The average Bonchev–Trinajstić information content (AvgIpc) is 2.67. The lowest BCUT2D eigenvalue weighted by Crippen LogP contribution is -2.48. The summed E-state index contributed by atoms with van der Waals surface area (Å²) in [7, 11) is 1.73. The molecule has 8 heteroatoms. The van der Waals surface area contributed by atoms with E-state index in [9.17, 15) is 0 Å². The fraction of sp³-hybridized carbons (Fsp3) is 0.421. The van der Waals surface area contributed by atoms with Crippen LogP contribution >= 0.6 is 0 Å². The lowest BCUT2D eigenvalue weighted by molar-refractivity contribution is 0.144. The number of nitrogen functional groups attached to an aromatic ring is 2. The van der Waals surface area contributed by atoms with Crippen molar-refractivity contribution in [1.29, 1.82) is 0 Å². The van der Waals surface area contributed by atoms with E-state index in [2.05, 4.69) is 36.6 Å². The number of ether oxygens (including phenoxy) is 1. The maximum absolute atomic E-state index is 5.90. The van der Waals surface area contributed by atoms with E-state index in [-0.39, 0.29) is 5.95 Å². The number of hydrogen-bond acceptors (Lipinski definition) is 8. The van der Waals surface area contributed by atoms with Crippen LogP contribution in [0, 0.1) is 18.8 Å². The summed E-state index contributed by atoms with van der Waals surface area (Å²) in [5.74, 6) is 7.86. The number of hydrogen-bond donors (Lipinski definition) is 2. The van der Waals surface area contributed by atoms with Crippen molar-refractivity contribution in [3.63, 3.8) is 0 Å². The first kappa shape index (κ1) is 18.9. The molecule has 0 aliphatic carbocycles. The van der Waals surface area contributed by atoms with Crippen molar-refractivity contribution in [2.45, 2.75) is 6.92 Å². The molecule has 4 N–H and O–H groups in total. The van der Waals surface area contributed by atoms with Gasteiger partial charge in [0.25, 0.3) is 0 Å². The molecule has 142 valence electrons. The Morgan fingerprint density at radius 3 is 2.56 bits per heavy atom. The highest BCUT2D eigenvalue weighted by Crippen LogP contribution is 2.22. The van der Waals surface area contributed by atoms with Gasteiger partial charge in [-0.2, -0.15) is 4.98 Å². The lowest BCUT2D eigenvalue weighted by Gasteiger charge is -2.35. The molecule has 0 aromatic carbocycles. The molecule has 0 saturated carbocycles. The van der Waals surface area contributed by atoms with Crippen LogP contribution in [0.15, 0.2) is 18.3 Å². The van der Waals surface area contributed by atoms with E-state index in [4.69, 9.17) is 16.2 Å². The van der Waals surface area contributed by atoms with Crippen molar-refractivity contribution in [2.75, 3.05) is 62.8 Å². The molecular formula is C19H25N7O. The molecule has 1 saturated heterocycles. The maximum atomic E-state index is 5.90. The number of piperazine rings is 1. The molecule has 0 unspecified atom stereocenters. The summed E-state index contributed by atoms with van der Waals surface area (Å²) in [5.41, 5.74) is 13.9. The number of nitrogens with zero attached hydrogens (tertiary/aromatic N) is 5. The Morgan fingerprint density at radius 1 is 1.11 bits per heavy atom. The minimum Gasteiger partial charge on any atom is -0.384 e. The minimum absolute atomic E-state index is 0.268. The van der Waals surface area contributed by atoms with E-state index in [0.29, 0.717) is 5.82 Å². The summed E-state index contributed by atoms with van der Waals surface area (Å²) in [5, 5.41) is 0. The molecule has 1 aliphatic heterocycles. The van der Waals surface area contributed by atoms with Crippen molar-refractivity contribution in [1.82, 2.24) is 19.9 Å². The van der Waals surface area contributed by atoms with E-state index < -0.39 is 0 Å². The zero-order valence-corrected chi connectivity index (χ0v) is 15.8. The number of aryl methyl sites for hydroxylation is 1. The normalized spacial score (nSPS) is 14.7. The highest BCUT2D eigenvalue weighted by molar-refractivity contribution is 5.61. The van der Waals surface area contributed by atoms with Gasteiger partial charge >= 0.3 is 0 Å². The largest absolute Gasteiger partial charge is 0.384 e. The van der Waals surface area contributed by atoms with Gasteiger partial charge < -0.3 is 21.1 Å². The van der Waals surface area contributed by atoms with Gasteiger partial charge in [-0.05, 0) is 19.1 Å². The summed E-state index contributed by atoms with van der Waals surface area (Å²) >= 11 is 0. The Bertz CT molecular complexity index is 834. The third-order valence-electron chi connectivity index (χ3n) is 4.49. The molecule has 1 aliphatic rings. The summed E-state index contributed by atoms with van der Waals surface area (Å²) in [4.78, 5) is 17.4. The fourth-order valence-electron chi connectivity index (χ4n) is 2.97. The Morgan fingerprint density at radius 2 is 1.89 bits per heavy atom. The molecule has 1 fully saturated rings.